The maximum Gasteiger partial charge on any atom is 0.240 e. The molecule has 0 aliphatic rings. The summed E-state index contributed by atoms with van der Waals surface area (Å²) in [6.07, 6.45) is 0. The van der Waals surface area contributed by atoms with Gasteiger partial charge in [-0.25, -0.2) is 13.1 Å². The van der Waals surface area contributed by atoms with Crippen LogP contribution in [-0.2, 0) is 14.8 Å². The van der Waals surface area contributed by atoms with Gasteiger partial charge in [-0.15, -0.1) is 0 Å². The fourth-order valence-corrected chi connectivity index (χ4v) is 3.66. The molecule has 0 heterocycles. The summed E-state index contributed by atoms with van der Waals surface area (Å²) in [6, 6.07) is 11.9. The Morgan fingerprint density at radius 3 is 2.44 bits per heavy atom. The van der Waals surface area contributed by atoms with Crippen LogP contribution in [0, 0.1) is 13.8 Å². The molecular formula is C18H21ClN2O3S. The summed E-state index contributed by atoms with van der Waals surface area (Å²) in [5, 5.41) is 0.513. The van der Waals surface area contributed by atoms with Crippen molar-refractivity contribution < 1.29 is 13.2 Å². The van der Waals surface area contributed by atoms with Gasteiger partial charge in [-0.3, -0.25) is 4.79 Å². The van der Waals surface area contributed by atoms with Crippen molar-refractivity contribution in [1.29, 1.82) is 0 Å². The lowest BCUT2D eigenvalue weighted by molar-refractivity contribution is -0.116. The number of halogens is 1. The minimum atomic E-state index is -3.63. The number of anilines is 1. The fourth-order valence-electron chi connectivity index (χ4n) is 2.37. The van der Waals surface area contributed by atoms with Crippen molar-refractivity contribution in [3.63, 3.8) is 0 Å². The van der Waals surface area contributed by atoms with Crippen LogP contribution in [0.25, 0.3) is 0 Å². The molecule has 2 aromatic carbocycles. The third-order valence-corrected chi connectivity index (χ3v) is 5.61. The Hall–Kier alpha value is -1.89. The van der Waals surface area contributed by atoms with Crippen molar-refractivity contribution in [2.75, 3.05) is 18.0 Å². The third-order valence-electron chi connectivity index (χ3n) is 3.92. The van der Waals surface area contributed by atoms with Crippen molar-refractivity contribution in [1.82, 2.24) is 4.72 Å². The Labute approximate surface area is 153 Å². The normalized spacial score (nSPS) is 11.4. The van der Waals surface area contributed by atoms with Gasteiger partial charge in [0, 0.05) is 30.7 Å². The van der Waals surface area contributed by atoms with E-state index in [0.29, 0.717) is 10.7 Å². The number of carbonyl (C=O) groups is 1. The quantitative estimate of drug-likeness (QED) is 0.836. The van der Waals surface area contributed by atoms with Crippen LogP contribution in [0.1, 0.15) is 18.1 Å². The Bertz CT molecular complexity index is 882. The van der Waals surface area contributed by atoms with Crippen LogP contribution in [0.4, 0.5) is 5.69 Å². The van der Waals surface area contributed by atoms with E-state index in [2.05, 4.69) is 4.72 Å². The maximum atomic E-state index is 12.4. The molecular weight excluding hydrogens is 360 g/mol. The summed E-state index contributed by atoms with van der Waals surface area (Å²) in [6.45, 7) is 5.53. The summed E-state index contributed by atoms with van der Waals surface area (Å²) in [7, 11) is -3.63. The monoisotopic (exact) mass is 380 g/mol. The Morgan fingerprint density at radius 2 is 1.84 bits per heavy atom. The van der Waals surface area contributed by atoms with Crippen LogP contribution in [0.2, 0.25) is 5.02 Å². The van der Waals surface area contributed by atoms with Gasteiger partial charge in [0.05, 0.1) is 4.90 Å². The Balaban J connectivity index is 2.08. The van der Waals surface area contributed by atoms with E-state index >= 15 is 0 Å². The molecule has 0 saturated carbocycles. The molecule has 0 bridgehead atoms. The smallest absolute Gasteiger partial charge is 0.240 e. The van der Waals surface area contributed by atoms with Crippen molar-refractivity contribution in [2.45, 2.75) is 25.7 Å². The molecule has 25 heavy (non-hydrogen) atoms. The van der Waals surface area contributed by atoms with E-state index in [-0.39, 0.29) is 23.9 Å². The van der Waals surface area contributed by atoms with Gasteiger partial charge in [-0.2, -0.15) is 0 Å². The largest absolute Gasteiger partial charge is 0.311 e. The predicted octanol–water partition coefficient (Wildman–Crippen LogP) is 3.29. The van der Waals surface area contributed by atoms with Gasteiger partial charge >= 0.3 is 0 Å². The number of carbonyl (C=O) groups excluding carboxylic acids is 1. The Morgan fingerprint density at radius 1 is 1.12 bits per heavy atom. The number of nitrogens with zero attached hydrogens (tertiary/aromatic N) is 1. The predicted molar refractivity (Wildman–Crippen MR) is 101 cm³/mol. The standard InChI is InChI=1S/C18H21ClN2O3S/c1-13-7-8-18(11-14(13)2)25(23,24)20-9-10-21(15(3)22)17-6-4-5-16(19)12-17/h4-8,11-12,20H,9-10H2,1-3H3. The van der Waals surface area contributed by atoms with Crippen molar-refractivity contribution >= 4 is 33.2 Å². The molecule has 134 valence electrons. The first kappa shape index (κ1) is 19.4. The number of aryl methyl sites for hydroxylation is 2. The molecule has 0 spiro atoms. The lowest BCUT2D eigenvalue weighted by Gasteiger charge is -2.21. The highest BCUT2D eigenvalue weighted by molar-refractivity contribution is 7.89. The molecule has 5 nitrogen and oxygen atoms in total. The highest BCUT2D eigenvalue weighted by Crippen LogP contribution is 2.19. The number of hydrogen-bond donors (Lipinski definition) is 1. The van der Waals surface area contributed by atoms with Crippen LogP contribution in [0.5, 0.6) is 0 Å². The summed E-state index contributed by atoms with van der Waals surface area (Å²) in [5.74, 6) is -0.187. The molecule has 0 fully saturated rings. The van der Waals surface area contributed by atoms with Crippen LogP contribution in [0.15, 0.2) is 47.4 Å². The van der Waals surface area contributed by atoms with Gasteiger partial charge in [-0.05, 0) is 55.3 Å². The van der Waals surface area contributed by atoms with Gasteiger partial charge in [0.25, 0.3) is 0 Å². The first-order chi connectivity index (χ1) is 11.7. The molecule has 0 unspecified atom stereocenters. The average molecular weight is 381 g/mol. The molecule has 1 amide bonds. The van der Waals surface area contributed by atoms with Gasteiger partial charge < -0.3 is 4.90 Å². The summed E-state index contributed by atoms with van der Waals surface area (Å²) in [4.78, 5) is 13.6. The summed E-state index contributed by atoms with van der Waals surface area (Å²) in [5.41, 5.74) is 2.57. The zero-order valence-electron chi connectivity index (χ0n) is 14.4. The minimum Gasteiger partial charge on any atom is -0.311 e. The molecule has 2 rings (SSSR count). The lowest BCUT2D eigenvalue weighted by atomic mass is 10.1. The van der Waals surface area contributed by atoms with Crippen LogP contribution >= 0.6 is 11.6 Å². The number of sulfonamides is 1. The molecule has 0 saturated heterocycles. The minimum absolute atomic E-state index is 0.0986. The molecule has 2 aromatic rings. The third kappa shape index (κ3) is 5.04. The molecule has 0 aliphatic heterocycles. The molecule has 0 aromatic heterocycles. The molecule has 0 radical (unpaired) electrons. The average Bonchev–Trinajstić information content (AvgIpc) is 2.53. The molecule has 0 atom stereocenters. The van der Waals surface area contributed by atoms with E-state index in [9.17, 15) is 13.2 Å². The van der Waals surface area contributed by atoms with Gasteiger partial charge in [0.1, 0.15) is 0 Å². The van der Waals surface area contributed by atoms with E-state index in [1.807, 2.05) is 13.8 Å². The number of nitrogens with one attached hydrogen (secondary N) is 1. The number of hydrogen-bond acceptors (Lipinski definition) is 3. The maximum absolute atomic E-state index is 12.4. The number of amides is 1. The van der Waals surface area contributed by atoms with E-state index in [0.717, 1.165) is 11.1 Å². The number of rotatable bonds is 6. The summed E-state index contributed by atoms with van der Waals surface area (Å²) < 4.78 is 27.3. The van der Waals surface area contributed by atoms with Crippen molar-refractivity contribution in [2.24, 2.45) is 0 Å². The highest BCUT2D eigenvalue weighted by Gasteiger charge is 2.17. The zero-order chi connectivity index (χ0) is 18.6. The van der Waals surface area contributed by atoms with E-state index in [1.54, 1.807) is 42.5 Å². The molecule has 0 aliphatic carbocycles. The number of benzene rings is 2. The Kier molecular flexibility index (Phi) is 6.21. The van der Waals surface area contributed by atoms with Crippen molar-refractivity contribution in [3.8, 4) is 0 Å². The molecule has 7 heteroatoms. The first-order valence-corrected chi connectivity index (χ1v) is 9.67. The second-order valence-corrected chi connectivity index (χ2v) is 8.00. The van der Waals surface area contributed by atoms with Gasteiger partial charge in [-0.1, -0.05) is 23.7 Å². The second-order valence-electron chi connectivity index (χ2n) is 5.79. The SMILES string of the molecule is CC(=O)N(CCNS(=O)(=O)c1ccc(C)c(C)c1)c1cccc(Cl)c1. The van der Waals surface area contributed by atoms with E-state index in [4.69, 9.17) is 11.6 Å². The first-order valence-electron chi connectivity index (χ1n) is 7.81. The molecule has 1 N–H and O–H groups in total. The van der Waals surface area contributed by atoms with Crippen LogP contribution in [-0.4, -0.2) is 27.4 Å². The van der Waals surface area contributed by atoms with Crippen LogP contribution < -0.4 is 9.62 Å². The van der Waals surface area contributed by atoms with E-state index < -0.39 is 10.0 Å². The fraction of sp³-hybridized carbons (Fsp3) is 0.278. The second kappa shape index (κ2) is 7.99. The van der Waals surface area contributed by atoms with Gasteiger partial charge in [0.15, 0.2) is 0 Å². The summed E-state index contributed by atoms with van der Waals surface area (Å²) >= 11 is 5.96. The van der Waals surface area contributed by atoms with Crippen molar-refractivity contribution in [3.05, 3.63) is 58.6 Å². The topological polar surface area (TPSA) is 66.5 Å². The zero-order valence-corrected chi connectivity index (χ0v) is 16.0. The lowest BCUT2D eigenvalue weighted by Crippen LogP contribution is -2.37. The van der Waals surface area contributed by atoms with Crippen LogP contribution in [0.3, 0.4) is 0 Å². The van der Waals surface area contributed by atoms with E-state index in [1.165, 1.54) is 11.8 Å². The van der Waals surface area contributed by atoms with Gasteiger partial charge in [0.2, 0.25) is 15.9 Å². The highest BCUT2D eigenvalue weighted by atomic mass is 35.5.